The molecule has 1 aliphatic heterocycles. The van der Waals surface area contributed by atoms with Gasteiger partial charge in [-0.2, -0.15) is 5.10 Å². The van der Waals surface area contributed by atoms with Crippen molar-refractivity contribution in [3.8, 4) is 0 Å². The molecule has 0 fully saturated rings. The van der Waals surface area contributed by atoms with Gasteiger partial charge in [-0.3, -0.25) is 10.2 Å². The first-order valence-electron chi connectivity index (χ1n) is 3.96. The fourth-order valence-corrected chi connectivity index (χ4v) is 1.15. The van der Waals surface area contributed by atoms with Crippen LogP contribution in [0.2, 0.25) is 0 Å². The van der Waals surface area contributed by atoms with Gasteiger partial charge in [0, 0.05) is 0 Å². The van der Waals surface area contributed by atoms with Crippen molar-refractivity contribution in [1.82, 2.24) is 0 Å². The normalized spacial score (nSPS) is 13.7. The summed E-state index contributed by atoms with van der Waals surface area (Å²) < 4.78 is 0. The molecule has 3 heteroatoms. The summed E-state index contributed by atoms with van der Waals surface area (Å²) in [7, 11) is 0. The van der Waals surface area contributed by atoms with Crippen molar-refractivity contribution in [2.45, 2.75) is 0 Å². The van der Waals surface area contributed by atoms with Crippen molar-refractivity contribution in [3.63, 3.8) is 0 Å². The van der Waals surface area contributed by atoms with Crippen molar-refractivity contribution in [2.75, 3.05) is 5.43 Å². The lowest BCUT2D eigenvalue weighted by molar-refractivity contribution is -0.102. The first-order chi connectivity index (χ1) is 6.40. The Hall–Kier alpha value is -1.90. The highest BCUT2D eigenvalue weighted by molar-refractivity contribution is 6.35. The molecular weight excluding hydrogens is 164 g/mol. The van der Waals surface area contributed by atoms with Gasteiger partial charge in [-0.05, 0) is 17.7 Å². The number of carbonyl (C=O) groups excluding carboxylic acids is 1. The average molecular weight is 172 g/mol. The van der Waals surface area contributed by atoms with E-state index in [0.717, 1.165) is 17.5 Å². The van der Waals surface area contributed by atoms with Crippen LogP contribution in [-0.4, -0.2) is 12.0 Å². The molecule has 0 saturated carbocycles. The summed E-state index contributed by atoms with van der Waals surface area (Å²) in [6.45, 7) is 0. The molecule has 0 radical (unpaired) electrons. The Morgan fingerprint density at radius 3 is 2.92 bits per heavy atom. The highest BCUT2D eigenvalue weighted by Gasteiger charge is 2.01. The first kappa shape index (κ1) is 7.73. The van der Waals surface area contributed by atoms with Crippen LogP contribution in [0.1, 0.15) is 5.56 Å². The van der Waals surface area contributed by atoms with Crippen LogP contribution in [0.25, 0.3) is 6.08 Å². The van der Waals surface area contributed by atoms with Crippen LogP contribution in [0.3, 0.4) is 0 Å². The van der Waals surface area contributed by atoms with E-state index in [1.165, 1.54) is 0 Å². The minimum Gasteiger partial charge on any atom is -0.296 e. The van der Waals surface area contributed by atoms with Crippen molar-refractivity contribution in [3.05, 3.63) is 35.9 Å². The molecule has 1 aliphatic rings. The Bertz CT molecular complexity index is 394. The summed E-state index contributed by atoms with van der Waals surface area (Å²) in [5, 5.41) is 3.89. The maximum absolute atomic E-state index is 10.4. The van der Waals surface area contributed by atoms with E-state index in [-0.39, 0.29) is 0 Å². The number of para-hydroxylation sites is 1. The molecule has 0 amide bonds. The molecule has 0 aromatic heterocycles. The summed E-state index contributed by atoms with van der Waals surface area (Å²) in [6, 6.07) is 7.73. The number of hydrogen-bond acceptors (Lipinski definition) is 3. The minimum absolute atomic E-state index is 0.399. The Morgan fingerprint density at radius 1 is 1.23 bits per heavy atom. The third-order valence-electron chi connectivity index (χ3n) is 1.82. The zero-order valence-corrected chi connectivity index (χ0v) is 6.90. The van der Waals surface area contributed by atoms with Crippen LogP contribution >= 0.6 is 0 Å². The van der Waals surface area contributed by atoms with Gasteiger partial charge in [-0.1, -0.05) is 24.3 Å². The fraction of sp³-hybridized carbons (Fsp3) is 0. The van der Waals surface area contributed by atoms with Crippen LogP contribution in [0.15, 0.2) is 35.4 Å². The molecule has 2 rings (SSSR count). The number of carbonyl (C=O) groups is 1. The molecule has 1 aromatic rings. The maximum Gasteiger partial charge on any atom is 0.170 e. The molecule has 0 aliphatic carbocycles. The quantitative estimate of drug-likeness (QED) is 0.655. The maximum atomic E-state index is 10.4. The van der Waals surface area contributed by atoms with E-state index in [0.29, 0.717) is 5.71 Å². The second-order valence-corrected chi connectivity index (χ2v) is 2.69. The Balaban J connectivity index is 2.44. The first-order valence-corrected chi connectivity index (χ1v) is 3.96. The number of anilines is 1. The van der Waals surface area contributed by atoms with E-state index < -0.39 is 0 Å². The van der Waals surface area contributed by atoms with Gasteiger partial charge in [0.15, 0.2) is 6.29 Å². The summed E-state index contributed by atoms with van der Waals surface area (Å²) in [6.07, 6.45) is 4.27. The van der Waals surface area contributed by atoms with Crippen LogP contribution in [0.4, 0.5) is 5.69 Å². The molecule has 3 nitrogen and oxygen atoms in total. The molecular formula is C10H8N2O. The number of nitrogens with one attached hydrogen (secondary N) is 1. The topological polar surface area (TPSA) is 41.5 Å². The molecule has 0 unspecified atom stereocenters. The number of hydrogen-bond donors (Lipinski definition) is 1. The van der Waals surface area contributed by atoms with Crippen molar-refractivity contribution < 1.29 is 4.79 Å². The number of aldehydes is 1. The second kappa shape index (κ2) is 3.23. The Kier molecular flexibility index (Phi) is 1.92. The molecule has 64 valence electrons. The van der Waals surface area contributed by atoms with Gasteiger partial charge >= 0.3 is 0 Å². The summed E-state index contributed by atoms with van der Waals surface area (Å²) in [5.74, 6) is 0. The Morgan fingerprint density at radius 2 is 2.08 bits per heavy atom. The number of fused-ring (bicyclic) bond motifs is 1. The van der Waals surface area contributed by atoms with Crippen LogP contribution in [0, 0.1) is 0 Å². The van der Waals surface area contributed by atoms with Crippen LogP contribution in [0.5, 0.6) is 0 Å². The van der Waals surface area contributed by atoms with E-state index in [9.17, 15) is 4.79 Å². The molecule has 0 saturated heterocycles. The fourth-order valence-electron chi connectivity index (χ4n) is 1.15. The van der Waals surface area contributed by atoms with Gasteiger partial charge in [-0.25, -0.2) is 0 Å². The van der Waals surface area contributed by atoms with Gasteiger partial charge in [-0.15, -0.1) is 0 Å². The van der Waals surface area contributed by atoms with E-state index in [1.807, 2.05) is 30.3 Å². The molecule has 0 spiro atoms. The number of rotatable bonds is 1. The van der Waals surface area contributed by atoms with Crippen molar-refractivity contribution in [2.24, 2.45) is 5.10 Å². The molecule has 13 heavy (non-hydrogen) atoms. The largest absolute Gasteiger partial charge is 0.296 e. The van der Waals surface area contributed by atoms with Gasteiger partial charge in [0.2, 0.25) is 0 Å². The average Bonchev–Trinajstić information content (AvgIpc) is 2.39. The zero-order valence-electron chi connectivity index (χ0n) is 6.90. The third-order valence-corrected chi connectivity index (χ3v) is 1.82. The van der Waals surface area contributed by atoms with E-state index >= 15 is 0 Å². The van der Waals surface area contributed by atoms with Crippen LogP contribution < -0.4 is 5.43 Å². The number of benzene rings is 1. The molecule has 0 bridgehead atoms. The summed E-state index contributed by atoms with van der Waals surface area (Å²) >= 11 is 0. The van der Waals surface area contributed by atoms with E-state index in [4.69, 9.17) is 0 Å². The lowest BCUT2D eigenvalue weighted by Gasteiger charge is -2.01. The second-order valence-electron chi connectivity index (χ2n) is 2.69. The Labute approximate surface area is 75.8 Å². The predicted octanol–water partition coefficient (Wildman–Crippen LogP) is 1.68. The monoisotopic (exact) mass is 172 g/mol. The van der Waals surface area contributed by atoms with E-state index in [1.54, 1.807) is 6.08 Å². The van der Waals surface area contributed by atoms with Crippen molar-refractivity contribution in [1.29, 1.82) is 0 Å². The lowest BCUT2D eigenvalue weighted by atomic mass is 10.1. The molecule has 1 N–H and O–H groups in total. The standard InChI is InChI=1S/C10H8N2O/c13-7-9-6-5-8-3-1-2-4-10(8)12-11-9/h1-7,12H. The SMILES string of the molecule is O=CC1=NNc2ccccc2C=C1. The number of allylic oxidation sites excluding steroid dienone is 1. The van der Waals surface area contributed by atoms with Gasteiger partial charge in [0.1, 0.15) is 5.71 Å². The van der Waals surface area contributed by atoms with Gasteiger partial charge in [0.05, 0.1) is 5.69 Å². The molecule has 1 aromatic carbocycles. The van der Waals surface area contributed by atoms with Gasteiger partial charge < -0.3 is 0 Å². The van der Waals surface area contributed by atoms with Gasteiger partial charge in [0.25, 0.3) is 0 Å². The molecule has 0 atom stereocenters. The molecule has 1 heterocycles. The number of hydrazone groups is 1. The smallest absolute Gasteiger partial charge is 0.170 e. The summed E-state index contributed by atoms with van der Waals surface area (Å²) in [5.41, 5.74) is 5.16. The highest BCUT2D eigenvalue weighted by atomic mass is 16.1. The summed E-state index contributed by atoms with van der Waals surface area (Å²) in [4.78, 5) is 10.4. The van der Waals surface area contributed by atoms with Crippen molar-refractivity contribution >= 4 is 23.8 Å². The highest BCUT2D eigenvalue weighted by Crippen LogP contribution is 2.18. The predicted molar refractivity (Wildman–Crippen MR) is 52.6 cm³/mol. The van der Waals surface area contributed by atoms with E-state index in [2.05, 4.69) is 10.5 Å². The minimum atomic E-state index is 0.399. The number of nitrogens with zero attached hydrogens (tertiary/aromatic N) is 1. The third kappa shape index (κ3) is 1.49. The lowest BCUT2D eigenvalue weighted by Crippen LogP contribution is -1.97. The van der Waals surface area contributed by atoms with Crippen LogP contribution in [-0.2, 0) is 4.79 Å². The zero-order chi connectivity index (χ0) is 9.10.